The molecule has 1 heterocycles. The molecule has 0 fully saturated rings. The van der Waals surface area contributed by atoms with Gasteiger partial charge in [0.05, 0.1) is 6.61 Å². The Kier molecular flexibility index (Phi) is 6.18. The van der Waals surface area contributed by atoms with Crippen LogP contribution in [-0.4, -0.2) is 57.5 Å². The number of anilines is 2. The average molecular weight is 322 g/mol. The molecule has 1 rings (SSSR count). The number of sulfonamides is 1. The van der Waals surface area contributed by atoms with Crippen molar-refractivity contribution < 1.29 is 13.2 Å². The molecule has 1 aromatic heterocycles. The Morgan fingerprint density at radius 1 is 1.35 bits per heavy atom. The van der Waals surface area contributed by atoms with Gasteiger partial charge in [-0.2, -0.15) is 4.37 Å². The molecule has 116 valence electrons. The Morgan fingerprint density at radius 3 is 2.50 bits per heavy atom. The van der Waals surface area contributed by atoms with Crippen LogP contribution in [0, 0.1) is 0 Å². The number of ether oxygens (including phenoxy) is 1. The lowest BCUT2D eigenvalue weighted by Crippen LogP contribution is -2.30. The number of nitrogen functional groups attached to an aromatic ring is 1. The SMILES string of the molecule is CCOCCN(CC)c1snc(N)c1S(=O)(=O)N(C)C. The van der Waals surface area contributed by atoms with Crippen molar-refractivity contribution in [2.24, 2.45) is 0 Å². The molecule has 0 aromatic carbocycles. The van der Waals surface area contributed by atoms with Gasteiger partial charge in [-0.25, -0.2) is 12.7 Å². The smallest absolute Gasteiger partial charge is 0.249 e. The lowest BCUT2D eigenvalue weighted by Gasteiger charge is -2.23. The van der Waals surface area contributed by atoms with Gasteiger partial charge in [0.2, 0.25) is 10.0 Å². The molecule has 7 nitrogen and oxygen atoms in total. The van der Waals surface area contributed by atoms with Gasteiger partial charge in [-0.1, -0.05) is 0 Å². The molecule has 0 aliphatic heterocycles. The highest BCUT2D eigenvalue weighted by Gasteiger charge is 2.29. The van der Waals surface area contributed by atoms with E-state index >= 15 is 0 Å². The molecule has 1 aromatic rings. The summed E-state index contributed by atoms with van der Waals surface area (Å²) in [6, 6.07) is 0. The lowest BCUT2D eigenvalue weighted by molar-refractivity contribution is 0.154. The summed E-state index contributed by atoms with van der Waals surface area (Å²) in [6.45, 7) is 6.29. The second-order valence-corrected chi connectivity index (χ2v) is 7.11. The molecule has 0 unspecified atom stereocenters. The normalized spacial score (nSPS) is 12.1. The van der Waals surface area contributed by atoms with Crippen LogP contribution in [0.15, 0.2) is 4.90 Å². The molecule has 0 spiro atoms. The van der Waals surface area contributed by atoms with Crippen molar-refractivity contribution in [3.05, 3.63) is 0 Å². The molecule has 2 N–H and O–H groups in total. The monoisotopic (exact) mass is 322 g/mol. The molecule has 20 heavy (non-hydrogen) atoms. The minimum Gasteiger partial charge on any atom is -0.382 e. The van der Waals surface area contributed by atoms with E-state index in [0.29, 0.717) is 31.3 Å². The first-order valence-electron chi connectivity index (χ1n) is 6.36. The minimum atomic E-state index is -3.61. The first-order valence-corrected chi connectivity index (χ1v) is 8.57. The Balaban J connectivity index is 3.13. The van der Waals surface area contributed by atoms with Gasteiger partial charge in [0.1, 0.15) is 5.00 Å². The summed E-state index contributed by atoms with van der Waals surface area (Å²) in [5.41, 5.74) is 5.75. The molecule has 0 aliphatic rings. The fraction of sp³-hybridized carbons (Fsp3) is 0.727. The van der Waals surface area contributed by atoms with Crippen LogP contribution in [0.4, 0.5) is 10.8 Å². The molecule has 0 aliphatic carbocycles. The number of nitrogens with zero attached hydrogens (tertiary/aromatic N) is 3. The number of nitrogens with two attached hydrogens (primary N) is 1. The Hall–Kier alpha value is -0.900. The van der Waals surface area contributed by atoms with E-state index in [4.69, 9.17) is 10.5 Å². The summed E-state index contributed by atoms with van der Waals surface area (Å²) in [6.07, 6.45) is 0. The average Bonchev–Trinajstić information content (AvgIpc) is 2.77. The molecular weight excluding hydrogens is 300 g/mol. The maximum Gasteiger partial charge on any atom is 0.249 e. The van der Waals surface area contributed by atoms with Crippen LogP contribution in [0.5, 0.6) is 0 Å². The van der Waals surface area contributed by atoms with Gasteiger partial charge in [-0.15, -0.1) is 0 Å². The van der Waals surface area contributed by atoms with Crippen molar-refractivity contribution >= 4 is 32.4 Å². The summed E-state index contributed by atoms with van der Waals surface area (Å²) in [5.74, 6) is 0.0496. The first-order chi connectivity index (χ1) is 9.36. The van der Waals surface area contributed by atoms with Crippen LogP contribution in [0.3, 0.4) is 0 Å². The molecule has 0 radical (unpaired) electrons. The number of likely N-dealkylation sites (N-methyl/N-ethyl adjacent to an activating group) is 1. The highest BCUT2D eigenvalue weighted by atomic mass is 32.2. The molecule has 0 saturated heterocycles. The van der Waals surface area contributed by atoms with E-state index in [-0.39, 0.29) is 10.7 Å². The van der Waals surface area contributed by atoms with Gasteiger partial charge in [0.25, 0.3) is 0 Å². The summed E-state index contributed by atoms with van der Waals surface area (Å²) in [7, 11) is -0.649. The summed E-state index contributed by atoms with van der Waals surface area (Å²) in [5, 5.41) is 0.568. The van der Waals surface area contributed by atoms with Gasteiger partial charge >= 0.3 is 0 Å². The Labute approximate surface area is 124 Å². The van der Waals surface area contributed by atoms with Gasteiger partial charge < -0.3 is 15.4 Å². The summed E-state index contributed by atoms with van der Waals surface area (Å²) in [4.78, 5) is 2.01. The maximum absolute atomic E-state index is 12.3. The number of aromatic nitrogens is 1. The predicted octanol–water partition coefficient (Wildman–Crippen LogP) is 0.838. The molecule has 9 heteroatoms. The third kappa shape index (κ3) is 3.60. The van der Waals surface area contributed by atoms with Gasteiger partial charge in [0.15, 0.2) is 10.7 Å². The molecular formula is C11H22N4O3S2. The van der Waals surface area contributed by atoms with Crippen LogP contribution < -0.4 is 10.6 Å². The fourth-order valence-corrected chi connectivity index (χ4v) is 3.94. The van der Waals surface area contributed by atoms with E-state index in [9.17, 15) is 8.42 Å². The van der Waals surface area contributed by atoms with Crippen molar-refractivity contribution in [2.75, 3.05) is 51.0 Å². The van der Waals surface area contributed by atoms with E-state index in [0.717, 1.165) is 15.8 Å². The quantitative estimate of drug-likeness (QED) is 0.713. The van der Waals surface area contributed by atoms with Crippen LogP contribution in [-0.2, 0) is 14.8 Å². The molecule has 0 bridgehead atoms. The second kappa shape index (κ2) is 7.21. The zero-order valence-corrected chi connectivity index (χ0v) is 13.9. The van der Waals surface area contributed by atoms with Gasteiger partial charge in [0, 0.05) is 33.8 Å². The van der Waals surface area contributed by atoms with E-state index in [1.807, 2.05) is 18.7 Å². The Morgan fingerprint density at radius 2 is 2.00 bits per heavy atom. The number of hydrogen-bond acceptors (Lipinski definition) is 7. The highest BCUT2D eigenvalue weighted by Crippen LogP contribution is 2.35. The van der Waals surface area contributed by atoms with Crippen LogP contribution in [0.2, 0.25) is 0 Å². The second-order valence-electron chi connectivity index (χ2n) is 4.27. The molecule has 0 amide bonds. The van der Waals surface area contributed by atoms with E-state index in [2.05, 4.69) is 4.37 Å². The van der Waals surface area contributed by atoms with Crippen LogP contribution in [0.1, 0.15) is 13.8 Å². The zero-order valence-electron chi connectivity index (χ0n) is 12.3. The lowest BCUT2D eigenvalue weighted by atomic mass is 10.4. The van der Waals surface area contributed by atoms with E-state index in [1.165, 1.54) is 14.1 Å². The van der Waals surface area contributed by atoms with Crippen LogP contribution in [0.25, 0.3) is 0 Å². The topological polar surface area (TPSA) is 88.8 Å². The molecule has 0 saturated carbocycles. The minimum absolute atomic E-state index is 0.0496. The fourth-order valence-electron chi connectivity index (χ4n) is 1.63. The van der Waals surface area contributed by atoms with E-state index < -0.39 is 10.0 Å². The van der Waals surface area contributed by atoms with Crippen molar-refractivity contribution in [1.29, 1.82) is 0 Å². The largest absolute Gasteiger partial charge is 0.382 e. The zero-order chi connectivity index (χ0) is 15.3. The number of rotatable bonds is 8. The third-order valence-corrected chi connectivity index (χ3v) is 5.71. The third-order valence-electron chi connectivity index (χ3n) is 2.77. The van der Waals surface area contributed by atoms with Crippen molar-refractivity contribution in [3.63, 3.8) is 0 Å². The standard InChI is InChI=1S/C11H22N4O3S2/c1-5-15(7-8-18-6-2)11-9(10(12)13-19-11)20(16,17)14(3)4/h5-8H2,1-4H3,(H2,12,13). The molecule has 0 atom stereocenters. The van der Waals surface area contributed by atoms with Gasteiger partial charge in [-0.05, 0) is 25.4 Å². The summed E-state index contributed by atoms with van der Waals surface area (Å²) >= 11 is 1.10. The predicted molar refractivity (Wildman–Crippen MR) is 81.8 cm³/mol. The summed E-state index contributed by atoms with van der Waals surface area (Å²) < 4.78 is 35.1. The maximum atomic E-state index is 12.3. The van der Waals surface area contributed by atoms with Crippen LogP contribution >= 0.6 is 11.5 Å². The Bertz CT molecular complexity index is 528. The van der Waals surface area contributed by atoms with Crippen molar-refractivity contribution in [3.8, 4) is 0 Å². The van der Waals surface area contributed by atoms with Gasteiger partial charge in [-0.3, -0.25) is 0 Å². The van der Waals surface area contributed by atoms with E-state index in [1.54, 1.807) is 0 Å². The first kappa shape index (κ1) is 17.2. The number of hydrogen-bond donors (Lipinski definition) is 1. The van der Waals surface area contributed by atoms with Crippen molar-refractivity contribution in [1.82, 2.24) is 8.68 Å². The van der Waals surface area contributed by atoms with Crippen molar-refractivity contribution in [2.45, 2.75) is 18.7 Å². The highest BCUT2D eigenvalue weighted by molar-refractivity contribution is 7.89.